The quantitative estimate of drug-likeness (QED) is 0.719. The number of amides is 1. The van der Waals surface area contributed by atoms with E-state index < -0.39 is 5.92 Å². The number of nitrogens with one attached hydrogen (secondary N) is 1. The van der Waals surface area contributed by atoms with Crippen LogP contribution in [0, 0.1) is 0 Å². The fourth-order valence-corrected chi connectivity index (χ4v) is 5.00. The standard InChI is InChI=1S/C22H21N3O2S/c1-2-25-12-11-16-19(13-25)28-22(23-16)24-21(26)20-14-7-3-5-9-17(14)27-18-10-6-4-8-15(18)20/h3-10,20H,2,11-13H2,1H3,(H,23,24,26). The van der Waals surface area contributed by atoms with E-state index in [-0.39, 0.29) is 5.91 Å². The fraction of sp³-hybridized carbons (Fsp3) is 0.273. The van der Waals surface area contributed by atoms with E-state index in [1.165, 1.54) is 4.88 Å². The molecule has 3 aromatic rings. The van der Waals surface area contributed by atoms with Crippen LogP contribution in [-0.4, -0.2) is 28.9 Å². The Morgan fingerprint density at radius 2 is 1.86 bits per heavy atom. The van der Waals surface area contributed by atoms with Gasteiger partial charge in [0.1, 0.15) is 11.5 Å². The highest BCUT2D eigenvalue weighted by molar-refractivity contribution is 7.15. The smallest absolute Gasteiger partial charge is 0.238 e. The van der Waals surface area contributed by atoms with E-state index in [0.29, 0.717) is 5.13 Å². The van der Waals surface area contributed by atoms with Gasteiger partial charge in [0, 0.05) is 35.5 Å². The van der Waals surface area contributed by atoms with Crippen LogP contribution in [0.1, 0.15) is 34.5 Å². The Bertz CT molecular complexity index is 1000. The number of hydrogen-bond acceptors (Lipinski definition) is 5. The molecule has 2 aliphatic rings. The zero-order chi connectivity index (χ0) is 19.1. The summed E-state index contributed by atoms with van der Waals surface area (Å²) in [6.45, 7) is 5.16. The van der Waals surface area contributed by atoms with E-state index in [1.54, 1.807) is 11.3 Å². The number of thiazole rings is 1. The van der Waals surface area contributed by atoms with E-state index in [0.717, 1.165) is 54.4 Å². The van der Waals surface area contributed by atoms with Crippen molar-refractivity contribution in [2.45, 2.75) is 25.8 Å². The number of fused-ring (bicyclic) bond motifs is 3. The minimum Gasteiger partial charge on any atom is -0.457 e. The number of likely N-dealkylation sites (N-methyl/N-ethyl adjacent to an activating group) is 1. The van der Waals surface area contributed by atoms with Crippen molar-refractivity contribution in [2.75, 3.05) is 18.4 Å². The third-order valence-corrected chi connectivity index (χ3v) is 6.43. The van der Waals surface area contributed by atoms with Gasteiger partial charge in [-0.25, -0.2) is 4.98 Å². The van der Waals surface area contributed by atoms with Crippen LogP contribution in [0.4, 0.5) is 5.13 Å². The molecule has 3 heterocycles. The van der Waals surface area contributed by atoms with Crippen LogP contribution in [0.2, 0.25) is 0 Å². The Morgan fingerprint density at radius 1 is 1.18 bits per heavy atom. The van der Waals surface area contributed by atoms with E-state index in [2.05, 4.69) is 17.1 Å². The molecular weight excluding hydrogens is 370 g/mol. The van der Waals surface area contributed by atoms with Gasteiger partial charge in [0.15, 0.2) is 5.13 Å². The first-order chi connectivity index (χ1) is 13.7. The van der Waals surface area contributed by atoms with Gasteiger partial charge in [-0.1, -0.05) is 43.3 Å². The molecule has 0 atom stereocenters. The van der Waals surface area contributed by atoms with Crippen LogP contribution in [0.25, 0.3) is 0 Å². The monoisotopic (exact) mass is 391 g/mol. The van der Waals surface area contributed by atoms with E-state index in [1.807, 2.05) is 48.5 Å². The van der Waals surface area contributed by atoms with Crippen molar-refractivity contribution in [3.8, 4) is 11.5 Å². The molecule has 5 nitrogen and oxygen atoms in total. The van der Waals surface area contributed by atoms with Crippen molar-refractivity contribution in [1.82, 2.24) is 9.88 Å². The van der Waals surface area contributed by atoms with Crippen molar-refractivity contribution < 1.29 is 9.53 Å². The summed E-state index contributed by atoms with van der Waals surface area (Å²) in [5.74, 6) is 0.993. The van der Waals surface area contributed by atoms with Crippen LogP contribution in [-0.2, 0) is 17.8 Å². The van der Waals surface area contributed by atoms with Crippen molar-refractivity contribution in [3.63, 3.8) is 0 Å². The number of anilines is 1. The number of para-hydroxylation sites is 2. The number of hydrogen-bond donors (Lipinski definition) is 1. The van der Waals surface area contributed by atoms with Gasteiger partial charge in [-0.3, -0.25) is 9.69 Å². The van der Waals surface area contributed by atoms with Gasteiger partial charge in [0.05, 0.1) is 11.6 Å². The maximum atomic E-state index is 13.3. The van der Waals surface area contributed by atoms with Gasteiger partial charge in [-0.2, -0.15) is 0 Å². The molecule has 1 N–H and O–H groups in total. The first kappa shape index (κ1) is 17.4. The first-order valence-electron chi connectivity index (χ1n) is 9.60. The molecule has 2 aliphatic heterocycles. The maximum Gasteiger partial charge on any atom is 0.238 e. The summed E-state index contributed by atoms with van der Waals surface area (Å²) < 4.78 is 6.00. The van der Waals surface area contributed by atoms with Crippen molar-refractivity contribution >= 4 is 22.4 Å². The second kappa shape index (κ2) is 7.04. The van der Waals surface area contributed by atoms with Gasteiger partial charge < -0.3 is 10.1 Å². The summed E-state index contributed by atoms with van der Waals surface area (Å²) in [4.78, 5) is 21.7. The summed E-state index contributed by atoms with van der Waals surface area (Å²) in [5.41, 5.74) is 2.90. The SMILES string of the molecule is CCN1CCc2nc(NC(=O)C3c4ccccc4Oc4ccccc43)sc2C1. The number of ether oxygens (including phenoxy) is 1. The molecular formula is C22H21N3O2S. The van der Waals surface area contributed by atoms with Gasteiger partial charge in [-0.05, 0) is 18.7 Å². The zero-order valence-electron chi connectivity index (χ0n) is 15.6. The molecule has 0 aliphatic carbocycles. The Kier molecular flexibility index (Phi) is 4.37. The normalized spacial score (nSPS) is 15.9. The lowest BCUT2D eigenvalue weighted by Gasteiger charge is -2.27. The Labute approximate surface area is 168 Å². The van der Waals surface area contributed by atoms with E-state index in [4.69, 9.17) is 9.72 Å². The van der Waals surface area contributed by atoms with Crippen molar-refractivity contribution in [1.29, 1.82) is 0 Å². The molecule has 0 spiro atoms. The average molecular weight is 391 g/mol. The molecule has 0 unspecified atom stereocenters. The summed E-state index contributed by atoms with van der Waals surface area (Å²) in [7, 11) is 0. The predicted molar refractivity (Wildman–Crippen MR) is 110 cm³/mol. The van der Waals surface area contributed by atoms with Gasteiger partial charge in [-0.15, -0.1) is 11.3 Å². The molecule has 0 bridgehead atoms. The largest absolute Gasteiger partial charge is 0.457 e. The number of rotatable bonds is 3. The molecule has 0 saturated heterocycles. The molecule has 6 heteroatoms. The summed E-state index contributed by atoms with van der Waals surface area (Å²) in [6.07, 6.45) is 0.943. The van der Waals surface area contributed by atoms with Gasteiger partial charge in [0.25, 0.3) is 0 Å². The highest BCUT2D eigenvalue weighted by Gasteiger charge is 2.33. The second-order valence-corrected chi connectivity index (χ2v) is 8.19. The molecule has 0 saturated carbocycles. The molecule has 0 radical (unpaired) electrons. The van der Waals surface area contributed by atoms with Crippen LogP contribution in [0.5, 0.6) is 11.5 Å². The Hall–Kier alpha value is -2.70. The minimum atomic E-state index is -0.408. The van der Waals surface area contributed by atoms with Crippen LogP contribution >= 0.6 is 11.3 Å². The molecule has 142 valence electrons. The highest BCUT2D eigenvalue weighted by atomic mass is 32.1. The Morgan fingerprint density at radius 3 is 2.54 bits per heavy atom. The lowest BCUT2D eigenvalue weighted by Crippen LogP contribution is -2.29. The number of benzene rings is 2. The average Bonchev–Trinajstić information content (AvgIpc) is 3.12. The fourth-order valence-electron chi connectivity index (χ4n) is 3.94. The summed E-state index contributed by atoms with van der Waals surface area (Å²) in [5, 5.41) is 3.77. The Balaban J connectivity index is 1.46. The topological polar surface area (TPSA) is 54.5 Å². The van der Waals surface area contributed by atoms with Crippen molar-refractivity contribution in [3.05, 3.63) is 70.2 Å². The van der Waals surface area contributed by atoms with Gasteiger partial charge in [0.2, 0.25) is 5.91 Å². The first-order valence-corrected chi connectivity index (χ1v) is 10.4. The number of carbonyl (C=O) groups excluding carboxylic acids is 1. The number of carbonyl (C=O) groups is 1. The number of aromatic nitrogens is 1. The molecule has 5 rings (SSSR count). The zero-order valence-corrected chi connectivity index (χ0v) is 16.5. The van der Waals surface area contributed by atoms with Crippen LogP contribution in [0.15, 0.2) is 48.5 Å². The third-order valence-electron chi connectivity index (χ3n) is 5.43. The number of nitrogens with zero attached hydrogens (tertiary/aromatic N) is 2. The van der Waals surface area contributed by atoms with E-state index in [9.17, 15) is 4.79 Å². The summed E-state index contributed by atoms with van der Waals surface area (Å²) in [6, 6.07) is 15.5. The lowest BCUT2D eigenvalue weighted by molar-refractivity contribution is -0.116. The molecule has 0 fully saturated rings. The van der Waals surface area contributed by atoms with Crippen LogP contribution in [0.3, 0.4) is 0 Å². The highest BCUT2D eigenvalue weighted by Crippen LogP contribution is 2.44. The van der Waals surface area contributed by atoms with Gasteiger partial charge >= 0.3 is 0 Å². The third kappa shape index (κ3) is 2.99. The van der Waals surface area contributed by atoms with E-state index >= 15 is 0 Å². The lowest BCUT2D eigenvalue weighted by atomic mass is 9.87. The van der Waals surface area contributed by atoms with Crippen molar-refractivity contribution in [2.24, 2.45) is 0 Å². The molecule has 28 heavy (non-hydrogen) atoms. The second-order valence-electron chi connectivity index (χ2n) is 7.11. The van der Waals surface area contributed by atoms with Crippen LogP contribution < -0.4 is 10.1 Å². The minimum absolute atomic E-state index is 0.0679. The summed E-state index contributed by atoms with van der Waals surface area (Å²) >= 11 is 1.59. The predicted octanol–water partition coefficient (Wildman–Crippen LogP) is 4.40. The molecule has 2 aromatic carbocycles. The molecule has 1 aromatic heterocycles. The maximum absolute atomic E-state index is 13.3. The molecule has 1 amide bonds.